The van der Waals surface area contributed by atoms with E-state index in [2.05, 4.69) is 14.8 Å². The molecular weight excluding hydrogens is 433 g/mol. The van der Waals surface area contributed by atoms with Gasteiger partial charge in [-0.1, -0.05) is 6.07 Å². The van der Waals surface area contributed by atoms with Gasteiger partial charge >= 0.3 is 0 Å². The number of benzene rings is 1. The van der Waals surface area contributed by atoms with E-state index in [4.69, 9.17) is 4.74 Å². The van der Waals surface area contributed by atoms with E-state index in [1.54, 1.807) is 23.5 Å². The number of rotatable bonds is 7. The highest BCUT2D eigenvalue weighted by molar-refractivity contribution is 7.15. The molecule has 0 N–H and O–H groups in total. The number of thiophene rings is 1. The highest BCUT2D eigenvalue weighted by Crippen LogP contribution is 2.25. The number of ether oxygens (including phenoxy) is 1. The van der Waals surface area contributed by atoms with Crippen LogP contribution in [0.3, 0.4) is 0 Å². The van der Waals surface area contributed by atoms with Gasteiger partial charge in [-0.05, 0) is 48.6 Å². The summed E-state index contributed by atoms with van der Waals surface area (Å²) < 4.78 is 21.1. The van der Waals surface area contributed by atoms with Gasteiger partial charge in [0.2, 0.25) is 0 Å². The number of amides is 1. The Balaban J connectivity index is 1.34. The molecule has 5 nitrogen and oxygen atoms in total. The lowest BCUT2D eigenvalue weighted by atomic mass is 10.2. The minimum atomic E-state index is -0.257. The lowest BCUT2D eigenvalue weighted by Gasteiger charge is -2.25. The van der Waals surface area contributed by atoms with Gasteiger partial charge in [-0.25, -0.2) is 9.37 Å². The number of nitrogens with zero attached hydrogens (tertiary/aromatic N) is 3. The first-order valence-corrected chi connectivity index (χ1v) is 12.1. The Morgan fingerprint density at radius 3 is 2.87 bits per heavy atom. The van der Waals surface area contributed by atoms with Crippen molar-refractivity contribution >= 4 is 33.5 Å². The maximum Gasteiger partial charge on any atom is 0.264 e. The van der Waals surface area contributed by atoms with Crippen LogP contribution in [0, 0.1) is 5.82 Å². The molecule has 4 heterocycles. The molecule has 1 atom stereocenters. The van der Waals surface area contributed by atoms with Gasteiger partial charge in [0, 0.05) is 49.0 Å². The van der Waals surface area contributed by atoms with Gasteiger partial charge in [0.15, 0.2) is 4.96 Å². The molecule has 1 unspecified atom stereocenters. The Kier molecular flexibility index (Phi) is 5.85. The van der Waals surface area contributed by atoms with Crippen molar-refractivity contribution in [3.8, 4) is 11.3 Å². The quantitative estimate of drug-likeness (QED) is 0.388. The smallest absolute Gasteiger partial charge is 0.264 e. The van der Waals surface area contributed by atoms with Crippen LogP contribution < -0.4 is 0 Å². The number of hydrogen-bond donors (Lipinski definition) is 0. The van der Waals surface area contributed by atoms with Crippen molar-refractivity contribution in [2.24, 2.45) is 0 Å². The topological polar surface area (TPSA) is 46.8 Å². The Bertz CT molecular complexity index is 1160. The fourth-order valence-corrected chi connectivity index (χ4v) is 5.48. The number of fused-ring (bicyclic) bond motifs is 1. The van der Waals surface area contributed by atoms with E-state index in [1.165, 1.54) is 23.5 Å². The molecule has 0 saturated carbocycles. The minimum Gasteiger partial charge on any atom is -0.376 e. The highest BCUT2D eigenvalue weighted by atomic mass is 32.1. The molecule has 1 fully saturated rings. The fraction of sp³-hybridized carbons (Fsp3) is 0.304. The van der Waals surface area contributed by atoms with Crippen LogP contribution in [-0.4, -0.2) is 46.0 Å². The second kappa shape index (κ2) is 8.90. The molecule has 31 heavy (non-hydrogen) atoms. The standard InChI is InChI=1S/C23H22FN3O2S2/c24-17-7-5-16(6-8-17)20-14-27-18(15-31-23(27)25-20)9-10-26(13-19-3-1-11-29-19)22(28)21-4-2-12-30-21/h2,4-8,12,14-15,19H,1,3,9-11,13H2. The Labute approximate surface area is 187 Å². The van der Waals surface area contributed by atoms with Gasteiger partial charge < -0.3 is 9.64 Å². The summed E-state index contributed by atoms with van der Waals surface area (Å²) in [6, 6.07) is 10.2. The van der Waals surface area contributed by atoms with Crippen LogP contribution in [0.1, 0.15) is 28.2 Å². The molecule has 1 aromatic carbocycles. The van der Waals surface area contributed by atoms with E-state index in [1.807, 2.05) is 28.6 Å². The summed E-state index contributed by atoms with van der Waals surface area (Å²) in [6.45, 7) is 2.01. The summed E-state index contributed by atoms with van der Waals surface area (Å²) in [5.74, 6) is -0.193. The fourth-order valence-electron chi connectivity index (χ4n) is 3.88. The lowest BCUT2D eigenvalue weighted by Crippen LogP contribution is -2.38. The Morgan fingerprint density at radius 1 is 1.26 bits per heavy atom. The van der Waals surface area contributed by atoms with Crippen LogP contribution in [0.5, 0.6) is 0 Å². The van der Waals surface area contributed by atoms with E-state index < -0.39 is 0 Å². The molecule has 1 saturated heterocycles. The molecule has 0 bridgehead atoms. The largest absolute Gasteiger partial charge is 0.376 e. The lowest BCUT2D eigenvalue weighted by molar-refractivity contribution is 0.0532. The summed E-state index contributed by atoms with van der Waals surface area (Å²) in [4.78, 5) is 21.3. The van der Waals surface area contributed by atoms with Crippen molar-refractivity contribution in [1.29, 1.82) is 0 Å². The van der Waals surface area contributed by atoms with Crippen LogP contribution in [0.4, 0.5) is 4.39 Å². The molecule has 160 valence electrons. The first-order chi connectivity index (χ1) is 15.2. The van der Waals surface area contributed by atoms with Gasteiger partial charge in [0.25, 0.3) is 5.91 Å². The third-order valence-corrected chi connectivity index (χ3v) is 7.27. The van der Waals surface area contributed by atoms with E-state index in [-0.39, 0.29) is 17.8 Å². The van der Waals surface area contributed by atoms with Crippen LogP contribution in [0.25, 0.3) is 16.2 Å². The highest BCUT2D eigenvalue weighted by Gasteiger charge is 2.24. The summed E-state index contributed by atoms with van der Waals surface area (Å²) in [5.41, 5.74) is 2.81. The van der Waals surface area contributed by atoms with E-state index in [0.717, 1.165) is 52.7 Å². The van der Waals surface area contributed by atoms with Gasteiger partial charge in [-0.3, -0.25) is 9.20 Å². The van der Waals surface area contributed by atoms with Crippen LogP contribution in [0.2, 0.25) is 0 Å². The molecule has 5 rings (SSSR count). The molecule has 1 amide bonds. The number of carbonyl (C=O) groups is 1. The number of imidazole rings is 1. The third kappa shape index (κ3) is 4.42. The predicted molar refractivity (Wildman–Crippen MR) is 121 cm³/mol. The van der Waals surface area contributed by atoms with E-state index >= 15 is 0 Å². The molecule has 0 aliphatic carbocycles. The summed E-state index contributed by atoms with van der Waals surface area (Å²) >= 11 is 3.05. The van der Waals surface area contributed by atoms with Crippen molar-refractivity contribution in [3.63, 3.8) is 0 Å². The van der Waals surface area contributed by atoms with Crippen LogP contribution >= 0.6 is 22.7 Å². The molecular formula is C23H22FN3O2S2. The van der Waals surface area contributed by atoms with E-state index in [9.17, 15) is 9.18 Å². The zero-order valence-corrected chi connectivity index (χ0v) is 18.5. The van der Waals surface area contributed by atoms with Crippen LogP contribution in [0.15, 0.2) is 53.4 Å². The second-order valence-electron chi connectivity index (χ2n) is 7.63. The number of aromatic nitrogens is 2. The molecule has 1 aliphatic rings. The molecule has 3 aromatic heterocycles. The zero-order valence-electron chi connectivity index (χ0n) is 16.9. The second-order valence-corrected chi connectivity index (χ2v) is 9.41. The molecule has 1 aliphatic heterocycles. The normalized spacial score (nSPS) is 16.2. The maximum absolute atomic E-state index is 13.2. The van der Waals surface area contributed by atoms with Crippen molar-refractivity contribution in [2.75, 3.05) is 19.7 Å². The predicted octanol–water partition coefficient (Wildman–Crippen LogP) is 5.13. The number of hydrogen-bond acceptors (Lipinski definition) is 5. The van der Waals surface area contributed by atoms with Crippen molar-refractivity contribution in [2.45, 2.75) is 25.4 Å². The summed E-state index contributed by atoms with van der Waals surface area (Å²) in [5, 5.41) is 4.03. The van der Waals surface area contributed by atoms with Gasteiger partial charge in [-0.2, -0.15) is 0 Å². The van der Waals surface area contributed by atoms with Crippen molar-refractivity contribution in [3.05, 3.63) is 69.7 Å². The van der Waals surface area contributed by atoms with Gasteiger partial charge in [-0.15, -0.1) is 22.7 Å². The molecule has 8 heteroatoms. The molecule has 0 radical (unpaired) electrons. The van der Waals surface area contributed by atoms with E-state index in [0.29, 0.717) is 13.1 Å². The minimum absolute atomic E-state index is 0.0644. The molecule has 4 aromatic rings. The SMILES string of the molecule is O=C(c1cccs1)N(CCc1csc2nc(-c3ccc(F)cc3)cn12)CC1CCCO1. The maximum atomic E-state index is 13.2. The number of thiazole rings is 1. The van der Waals surface area contributed by atoms with Crippen molar-refractivity contribution in [1.82, 2.24) is 14.3 Å². The average molecular weight is 456 g/mol. The van der Waals surface area contributed by atoms with Crippen molar-refractivity contribution < 1.29 is 13.9 Å². The summed E-state index contributed by atoms with van der Waals surface area (Å²) in [7, 11) is 0. The molecule has 0 spiro atoms. The average Bonchev–Trinajstić information content (AvgIpc) is 3.57. The Hall–Kier alpha value is -2.55. The van der Waals surface area contributed by atoms with Gasteiger partial charge in [0.05, 0.1) is 16.7 Å². The zero-order chi connectivity index (χ0) is 21.2. The number of halogens is 1. The van der Waals surface area contributed by atoms with Crippen LogP contribution in [-0.2, 0) is 11.2 Å². The first-order valence-electron chi connectivity index (χ1n) is 10.3. The monoisotopic (exact) mass is 455 g/mol. The summed E-state index contributed by atoms with van der Waals surface area (Å²) in [6.07, 6.45) is 4.88. The first kappa shape index (κ1) is 20.4. The Morgan fingerprint density at radius 2 is 2.13 bits per heavy atom. The number of carbonyl (C=O) groups excluding carboxylic acids is 1. The third-order valence-electron chi connectivity index (χ3n) is 5.53. The van der Waals surface area contributed by atoms with Gasteiger partial charge in [0.1, 0.15) is 5.82 Å².